The van der Waals surface area contributed by atoms with Crippen LogP contribution in [0.25, 0.3) is 0 Å². The lowest BCUT2D eigenvalue weighted by Crippen LogP contribution is -2.51. The van der Waals surface area contributed by atoms with Gasteiger partial charge >= 0.3 is 0 Å². The molecule has 3 fully saturated rings. The van der Waals surface area contributed by atoms with Crippen molar-refractivity contribution in [3.05, 3.63) is 42.0 Å². The first-order chi connectivity index (χ1) is 9.18. The smallest absolute Gasteiger partial charge is 0.185 e. The summed E-state index contributed by atoms with van der Waals surface area (Å²) in [6.45, 7) is 5.27. The van der Waals surface area contributed by atoms with Crippen molar-refractivity contribution in [3.8, 4) is 0 Å². The molecule has 4 rings (SSSR count). The number of benzene rings is 1. The van der Waals surface area contributed by atoms with Gasteiger partial charge in [-0.2, -0.15) is 0 Å². The van der Waals surface area contributed by atoms with Gasteiger partial charge in [-0.1, -0.05) is 44.2 Å². The zero-order chi connectivity index (χ0) is 13.3. The van der Waals surface area contributed by atoms with Gasteiger partial charge in [0.05, 0.1) is 6.54 Å². The Bertz CT molecular complexity index is 453. The van der Waals surface area contributed by atoms with Gasteiger partial charge in [-0.3, -0.25) is 0 Å². The third kappa shape index (κ3) is 2.38. The molecular weight excluding hydrogens is 236 g/mol. The summed E-state index contributed by atoms with van der Waals surface area (Å²) >= 11 is 0. The van der Waals surface area contributed by atoms with Gasteiger partial charge in [0.15, 0.2) is 6.10 Å². The van der Waals surface area contributed by atoms with Gasteiger partial charge in [-0.25, -0.2) is 0 Å². The van der Waals surface area contributed by atoms with Gasteiger partial charge in [-0.05, 0) is 36.2 Å². The standard InChI is InChI=1S/C16H21N2O/c1-16(2)13-8-9-15(14(16)10-13)19-18-17-11-12-6-4-3-5-7-12/h3-7,13-14H,8-11H2,1-2H3. The molecule has 2 bridgehead atoms. The van der Waals surface area contributed by atoms with Crippen LogP contribution < -0.4 is 0 Å². The zero-order valence-electron chi connectivity index (χ0n) is 11.7. The maximum atomic E-state index is 5.57. The molecule has 1 aromatic rings. The van der Waals surface area contributed by atoms with Crippen molar-refractivity contribution < 1.29 is 4.84 Å². The average molecular weight is 257 g/mol. The summed E-state index contributed by atoms with van der Waals surface area (Å²) in [6, 6.07) is 10.1. The van der Waals surface area contributed by atoms with Crippen LogP contribution in [0.4, 0.5) is 0 Å². The molecule has 0 spiro atoms. The van der Waals surface area contributed by atoms with E-state index in [1.807, 2.05) is 30.3 Å². The lowest BCUT2D eigenvalue weighted by molar-refractivity contribution is -0.111. The first-order valence-electron chi connectivity index (χ1n) is 7.11. The van der Waals surface area contributed by atoms with E-state index in [2.05, 4.69) is 24.2 Å². The summed E-state index contributed by atoms with van der Waals surface area (Å²) in [5, 5.41) is 8.04. The predicted octanol–water partition coefficient (Wildman–Crippen LogP) is 4.56. The Labute approximate surface area is 115 Å². The van der Waals surface area contributed by atoms with Crippen molar-refractivity contribution >= 4 is 0 Å². The summed E-state index contributed by atoms with van der Waals surface area (Å²) < 4.78 is 0. The zero-order valence-corrected chi connectivity index (χ0v) is 11.7. The maximum Gasteiger partial charge on any atom is 0.185 e. The molecule has 3 heteroatoms. The molecule has 0 amide bonds. The van der Waals surface area contributed by atoms with Crippen LogP contribution in [0.1, 0.15) is 38.7 Å². The molecule has 3 aliphatic carbocycles. The second-order valence-corrected chi connectivity index (χ2v) is 6.27. The third-order valence-electron chi connectivity index (χ3n) is 4.91. The molecule has 0 aromatic heterocycles. The summed E-state index contributed by atoms with van der Waals surface area (Å²) in [5.74, 6) is 1.47. The largest absolute Gasteiger partial charge is 0.368 e. The lowest BCUT2D eigenvalue weighted by atomic mass is 9.48. The second kappa shape index (κ2) is 4.95. The van der Waals surface area contributed by atoms with Gasteiger partial charge < -0.3 is 4.84 Å². The quantitative estimate of drug-likeness (QED) is 0.575. The highest BCUT2D eigenvalue weighted by molar-refractivity contribution is 5.14. The first-order valence-corrected chi connectivity index (χ1v) is 7.11. The molecule has 0 saturated heterocycles. The van der Waals surface area contributed by atoms with E-state index in [-0.39, 0.29) is 0 Å². The second-order valence-electron chi connectivity index (χ2n) is 6.27. The van der Waals surface area contributed by atoms with Gasteiger partial charge in [0.2, 0.25) is 0 Å². The van der Waals surface area contributed by atoms with E-state index in [4.69, 9.17) is 4.84 Å². The molecule has 1 radical (unpaired) electrons. The highest BCUT2D eigenvalue weighted by Gasteiger charge is 2.56. The van der Waals surface area contributed by atoms with E-state index in [1.54, 1.807) is 0 Å². The molecule has 0 heterocycles. The fraction of sp³-hybridized carbons (Fsp3) is 0.562. The van der Waals surface area contributed by atoms with Crippen LogP contribution in [-0.2, 0) is 11.4 Å². The Morgan fingerprint density at radius 3 is 2.74 bits per heavy atom. The van der Waals surface area contributed by atoms with Gasteiger partial charge in [0, 0.05) is 11.2 Å². The fourth-order valence-electron chi connectivity index (χ4n) is 3.43. The monoisotopic (exact) mass is 257 g/mol. The van der Waals surface area contributed by atoms with E-state index in [9.17, 15) is 0 Å². The summed E-state index contributed by atoms with van der Waals surface area (Å²) in [7, 11) is 0. The Hall–Kier alpha value is -1.38. The van der Waals surface area contributed by atoms with Gasteiger partial charge in [0.25, 0.3) is 0 Å². The topological polar surface area (TPSA) is 34.0 Å². The molecule has 19 heavy (non-hydrogen) atoms. The predicted molar refractivity (Wildman–Crippen MR) is 73.9 cm³/mol. The van der Waals surface area contributed by atoms with E-state index in [0.717, 1.165) is 24.0 Å². The number of rotatable bonds is 4. The molecular formula is C16H21N2O. The van der Waals surface area contributed by atoms with Crippen molar-refractivity contribution in [2.75, 3.05) is 0 Å². The van der Waals surface area contributed by atoms with Crippen LogP contribution in [0, 0.1) is 23.4 Å². The van der Waals surface area contributed by atoms with E-state index in [0.29, 0.717) is 17.9 Å². The molecule has 2 atom stereocenters. The summed E-state index contributed by atoms with van der Waals surface area (Å²) in [4.78, 5) is 5.57. The molecule has 1 aromatic carbocycles. The van der Waals surface area contributed by atoms with Crippen LogP contribution in [0.3, 0.4) is 0 Å². The van der Waals surface area contributed by atoms with Crippen molar-refractivity contribution in [1.82, 2.24) is 0 Å². The molecule has 2 unspecified atom stereocenters. The average Bonchev–Trinajstić information content (AvgIpc) is 2.45. The van der Waals surface area contributed by atoms with Crippen LogP contribution in [-0.4, -0.2) is 0 Å². The minimum atomic E-state index is 0.405. The molecule has 0 N–H and O–H groups in total. The first kappa shape index (κ1) is 12.6. The number of hydrogen-bond acceptors (Lipinski definition) is 3. The van der Waals surface area contributed by atoms with Crippen LogP contribution in [0.15, 0.2) is 40.7 Å². The number of fused-ring (bicyclic) bond motifs is 2. The molecule has 3 nitrogen and oxygen atoms in total. The van der Waals surface area contributed by atoms with E-state index in [1.165, 1.54) is 12.8 Å². The van der Waals surface area contributed by atoms with E-state index < -0.39 is 0 Å². The van der Waals surface area contributed by atoms with Crippen LogP contribution >= 0.6 is 0 Å². The van der Waals surface area contributed by atoms with Crippen molar-refractivity contribution in [2.24, 2.45) is 27.6 Å². The Kier molecular flexibility index (Phi) is 3.29. The van der Waals surface area contributed by atoms with Crippen LogP contribution in [0.5, 0.6) is 0 Å². The lowest BCUT2D eigenvalue weighted by Gasteiger charge is -2.57. The molecule has 3 aliphatic rings. The fourth-order valence-corrected chi connectivity index (χ4v) is 3.43. The SMILES string of the molecule is CC1(C)C2CC[C](ON=NCc3ccccc3)C1C2. The van der Waals surface area contributed by atoms with Crippen molar-refractivity contribution in [3.63, 3.8) is 0 Å². The minimum absolute atomic E-state index is 0.405. The van der Waals surface area contributed by atoms with Gasteiger partial charge in [0.1, 0.15) is 0 Å². The molecule has 101 valence electrons. The molecule has 0 aliphatic heterocycles. The highest BCUT2D eigenvalue weighted by Crippen LogP contribution is 2.62. The summed E-state index contributed by atoms with van der Waals surface area (Å²) in [5.41, 5.74) is 1.57. The maximum absolute atomic E-state index is 5.57. The minimum Gasteiger partial charge on any atom is -0.368 e. The Balaban J connectivity index is 1.50. The Morgan fingerprint density at radius 1 is 1.26 bits per heavy atom. The van der Waals surface area contributed by atoms with Gasteiger partial charge in [-0.15, -0.1) is 5.11 Å². The normalized spacial score (nSPS) is 29.2. The van der Waals surface area contributed by atoms with Crippen LogP contribution in [0.2, 0.25) is 0 Å². The summed E-state index contributed by atoms with van der Waals surface area (Å²) in [6.07, 6.45) is 4.72. The Morgan fingerprint density at radius 2 is 2.05 bits per heavy atom. The third-order valence-corrected chi connectivity index (χ3v) is 4.91. The number of nitrogens with zero attached hydrogens (tertiary/aromatic N) is 2. The molecule has 3 saturated carbocycles. The van der Waals surface area contributed by atoms with E-state index >= 15 is 0 Å². The highest BCUT2D eigenvalue weighted by atomic mass is 16.7. The van der Waals surface area contributed by atoms with Crippen molar-refractivity contribution in [2.45, 2.75) is 39.7 Å². The number of hydrogen-bond donors (Lipinski definition) is 0. The van der Waals surface area contributed by atoms with Crippen molar-refractivity contribution in [1.29, 1.82) is 0 Å².